The van der Waals surface area contributed by atoms with Crippen LogP contribution in [-0.2, 0) is 19.1 Å². The first kappa shape index (κ1) is 42.6. The molecule has 3 amide bonds. The number of aliphatic hydroxyl groups excluding tert-OH is 2. The number of ether oxygens (including phenoxy) is 1. The van der Waals surface area contributed by atoms with Crippen molar-refractivity contribution in [3.8, 4) is 0 Å². The molecule has 1 aromatic carbocycles. The maximum atomic E-state index is 14.1. The van der Waals surface area contributed by atoms with Gasteiger partial charge in [-0.15, -0.1) is 0 Å². The molecule has 1 fully saturated rings. The van der Waals surface area contributed by atoms with Crippen LogP contribution in [0, 0.1) is 23.7 Å². The summed E-state index contributed by atoms with van der Waals surface area (Å²) in [5, 5.41) is 31.0. The molecule has 1 unspecified atom stereocenters. The van der Waals surface area contributed by atoms with Crippen LogP contribution < -0.4 is 16.0 Å². The first-order valence-electron chi connectivity index (χ1n) is 18.3. The summed E-state index contributed by atoms with van der Waals surface area (Å²) in [5.74, 6) is -0.690. The first-order chi connectivity index (χ1) is 23.1. The number of carbonyl (C=O) groups is 3. The van der Waals surface area contributed by atoms with Gasteiger partial charge in [-0.2, -0.15) is 0 Å². The molecule has 11 nitrogen and oxygen atoms in total. The minimum Gasteiger partial charge on any atom is -0.387 e. The summed E-state index contributed by atoms with van der Waals surface area (Å²) in [6, 6.07) is 7.43. The van der Waals surface area contributed by atoms with Crippen molar-refractivity contribution < 1.29 is 29.3 Å². The molecule has 0 aliphatic carbocycles. The Labute approximate surface area is 295 Å². The van der Waals surface area contributed by atoms with Gasteiger partial charge in [-0.3, -0.25) is 19.7 Å². The quantitative estimate of drug-likeness (QED) is 0.131. The maximum absolute atomic E-state index is 14.1. The SMILES string of the molecule is CC[C@H](C)[C@@H]([C@@H](CC(=O)N1CCC[C@H]1C[C@@H](C)C(O)N[C@H](C)[C@@H](O)c1ccccc1)OC)N(C)C(=O)[C@@H](NC(=O)[C@@H](NC)C(C)C)C(C)C. The van der Waals surface area contributed by atoms with Crippen LogP contribution in [0.4, 0.5) is 0 Å². The Hall–Kier alpha value is -2.57. The van der Waals surface area contributed by atoms with E-state index in [-0.39, 0.29) is 59.9 Å². The summed E-state index contributed by atoms with van der Waals surface area (Å²) in [4.78, 5) is 44.7. The van der Waals surface area contributed by atoms with E-state index >= 15 is 0 Å². The number of rotatable bonds is 20. The number of amides is 3. The highest BCUT2D eigenvalue weighted by Crippen LogP contribution is 2.29. The Balaban J connectivity index is 2.14. The molecule has 11 heteroatoms. The van der Waals surface area contributed by atoms with Gasteiger partial charge in [0.05, 0.1) is 30.7 Å². The normalized spacial score (nSPS) is 20.6. The molecular weight excluding hydrogens is 622 g/mol. The third kappa shape index (κ3) is 11.7. The van der Waals surface area contributed by atoms with E-state index in [0.29, 0.717) is 13.0 Å². The number of hydrogen-bond donors (Lipinski definition) is 5. The zero-order valence-electron chi connectivity index (χ0n) is 32.0. The van der Waals surface area contributed by atoms with Crippen LogP contribution in [0.5, 0.6) is 0 Å². The highest BCUT2D eigenvalue weighted by molar-refractivity contribution is 5.90. The van der Waals surface area contributed by atoms with Crippen molar-refractivity contribution in [3.63, 3.8) is 0 Å². The van der Waals surface area contributed by atoms with Crippen LogP contribution in [0.2, 0.25) is 0 Å². The van der Waals surface area contributed by atoms with E-state index < -0.39 is 36.6 Å². The molecule has 0 saturated carbocycles. The van der Waals surface area contributed by atoms with Crippen molar-refractivity contribution in [3.05, 3.63) is 35.9 Å². The van der Waals surface area contributed by atoms with E-state index in [1.54, 1.807) is 26.1 Å². The lowest BCUT2D eigenvalue weighted by molar-refractivity contribution is -0.146. The standard InChI is InChI=1S/C38H67N5O6/c1-12-25(6)34(42(10)38(48)33(24(4)5)41-37(47)32(39-9)23(2)3)30(49-11)22-31(44)43-20-16-19-29(43)21-26(7)36(46)40-27(8)35(45)28-17-14-13-15-18-28/h13-15,17-18,23-27,29-30,32-36,39-40,45-46H,12,16,19-22H2,1-11H3,(H,41,47)/t25-,26+,27+,29-,30+,32-,33-,34-,35+,36?/m0/s1. The molecule has 10 atom stereocenters. The Kier molecular flexibility index (Phi) is 17.7. The summed E-state index contributed by atoms with van der Waals surface area (Å²) in [5.41, 5.74) is 0.781. The zero-order chi connectivity index (χ0) is 37.0. The van der Waals surface area contributed by atoms with Crippen molar-refractivity contribution >= 4 is 17.7 Å². The number of hydrogen-bond acceptors (Lipinski definition) is 8. The van der Waals surface area contributed by atoms with Crippen LogP contribution in [0.3, 0.4) is 0 Å². The molecule has 0 spiro atoms. The number of likely N-dealkylation sites (tertiary alicyclic amines) is 1. The van der Waals surface area contributed by atoms with Gasteiger partial charge in [0, 0.05) is 32.8 Å². The monoisotopic (exact) mass is 690 g/mol. The van der Waals surface area contributed by atoms with Gasteiger partial charge in [-0.1, -0.05) is 85.2 Å². The van der Waals surface area contributed by atoms with Gasteiger partial charge in [0.1, 0.15) is 12.3 Å². The fraction of sp³-hybridized carbons (Fsp3) is 0.763. The van der Waals surface area contributed by atoms with Crippen molar-refractivity contribution in [1.29, 1.82) is 0 Å². The highest BCUT2D eigenvalue weighted by Gasteiger charge is 2.40. The predicted octanol–water partition coefficient (Wildman–Crippen LogP) is 3.70. The number of benzene rings is 1. The van der Waals surface area contributed by atoms with E-state index in [1.807, 2.05) is 76.8 Å². The van der Waals surface area contributed by atoms with E-state index in [4.69, 9.17) is 4.74 Å². The molecular formula is C38H67N5O6. The number of aliphatic hydroxyl groups is 2. The van der Waals surface area contributed by atoms with Crippen molar-refractivity contribution in [2.75, 3.05) is 27.7 Å². The molecule has 1 heterocycles. The Morgan fingerprint density at radius 2 is 1.59 bits per heavy atom. The third-order valence-corrected chi connectivity index (χ3v) is 10.5. The lowest BCUT2D eigenvalue weighted by atomic mass is 9.89. The summed E-state index contributed by atoms with van der Waals surface area (Å²) in [6.45, 7) is 16.3. The second-order valence-electron chi connectivity index (χ2n) is 14.9. The largest absolute Gasteiger partial charge is 0.387 e. The second kappa shape index (κ2) is 20.3. The molecule has 49 heavy (non-hydrogen) atoms. The summed E-state index contributed by atoms with van der Waals surface area (Å²) in [7, 11) is 5.08. The summed E-state index contributed by atoms with van der Waals surface area (Å²) >= 11 is 0. The van der Waals surface area contributed by atoms with Gasteiger partial charge >= 0.3 is 0 Å². The fourth-order valence-corrected chi connectivity index (χ4v) is 7.19. The van der Waals surface area contributed by atoms with Gasteiger partial charge in [-0.25, -0.2) is 0 Å². The Morgan fingerprint density at radius 1 is 0.980 bits per heavy atom. The minimum absolute atomic E-state index is 0.0276. The fourth-order valence-electron chi connectivity index (χ4n) is 7.19. The van der Waals surface area contributed by atoms with Crippen LogP contribution in [0.1, 0.15) is 99.2 Å². The first-order valence-corrected chi connectivity index (χ1v) is 18.3. The highest BCUT2D eigenvalue weighted by atomic mass is 16.5. The Morgan fingerprint density at radius 3 is 2.12 bits per heavy atom. The Bertz CT molecular complexity index is 1150. The van der Waals surface area contributed by atoms with Crippen LogP contribution in [0.15, 0.2) is 30.3 Å². The molecule has 1 saturated heterocycles. The van der Waals surface area contributed by atoms with Crippen LogP contribution >= 0.6 is 0 Å². The lowest BCUT2D eigenvalue weighted by Gasteiger charge is -2.40. The number of likely N-dealkylation sites (N-methyl/N-ethyl adjacent to an activating group) is 2. The van der Waals surface area contributed by atoms with E-state index in [2.05, 4.69) is 29.8 Å². The van der Waals surface area contributed by atoms with Crippen molar-refractivity contribution in [1.82, 2.24) is 25.8 Å². The molecule has 1 aromatic rings. The zero-order valence-corrected chi connectivity index (χ0v) is 32.0. The molecule has 2 rings (SSSR count). The third-order valence-electron chi connectivity index (χ3n) is 10.5. The van der Waals surface area contributed by atoms with Gasteiger partial charge in [0.15, 0.2) is 0 Å². The van der Waals surface area contributed by atoms with Crippen LogP contribution in [-0.4, -0.2) is 108 Å². The number of carbonyl (C=O) groups excluding carboxylic acids is 3. The van der Waals surface area contributed by atoms with Gasteiger partial charge < -0.3 is 35.4 Å². The average Bonchev–Trinajstić information content (AvgIpc) is 3.54. The smallest absolute Gasteiger partial charge is 0.245 e. The summed E-state index contributed by atoms with van der Waals surface area (Å²) in [6.07, 6.45) is 1.05. The van der Waals surface area contributed by atoms with Gasteiger partial charge in [0.2, 0.25) is 17.7 Å². The van der Waals surface area contributed by atoms with Gasteiger partial charge in [0.25, 0.3) is 0 Å². The van der Waals surface area contributed by atoms with Crippen molar-refractivity contribution in [2.24, 2.45) is 23.7 Å². The van der Waals surface area contributed by atoms with Gasteiger partial charge in [-0.05, 0) is 62.5 Å². The second-order valence-corrected chi connectivity index (χ2v) is 14.9. The van der Waals surface area contributed by atoms with Crippen LogP contribution in [0.25, 0.3) is 0 Å². The molecule has 0 radical (unpaired) electrons. The number of nitrogens with one attached hydrogen (secondary N) is 3. The molecule has 5 N–H and O–H groups in total. The van der Waals surface area contributed by atoms with E-state index in [9.17, 15) is 24.6 Å². The number of nitrogens with zero attached hydrogens (tertiary/aromatic N) is 2. The molecule has 1 aliphatic rings. The predicted molar refractivity (Wildman–Crippen MR) is 194 cm³/mol. The topological polar surface area (TPSA) is 143 Å². The maximum Gasteiger partial charge on any atom is 0.245 e. The van der Waals surface area contributed by atoms with Crippen molar-refractivity contribution in [2.45, 2.75) is 136 Å². The average molecular weight is 690 g/mol. The van der Waals surface area contributed by atoms with E-state index in [0.717, 1.165) is 24.8 Å². The number of methoxy groups -OCH3 is 1. The summed E-state index contributed by atoms with van der Waals surface area (Å²) < 4.78 is 5.99. The molecule has 280 valence electrons. The molecule has 0 bridgehead atoms. The lowest BCUT2D eigenvalue weighted by Crippen LogP contribution is -2.59. The minimum atomic E-state index is -0.856. The molecule has 1 aliphatic heterocycles. The molecule has 0 aromatic heterocycles. The van der Waals surface area contributed by atoms with E-state index in [1.165, 1.54) is 0 Å².